The van der Waals surface area contributed by atoms with Crippen molar-refractivity contribution < 1.29 is 0 Å². The van der Waals surface area contributed by atoms with Gasteiger partial charge in [-0.3, -0.25) is 0 Å². The molecule has 4 nitrogen and oxygen atoms in total. The summed E-state index contributed by atoms with van der Waals surface area (Å²) in [7, 11) is 0. The lowest BCUT2D eigenvalue weighted by molar-refractivity contribution is 0.702. The van der Waals surface area contributed by atoms with Crippen molar-refractivity contribution in [1.29, 1.82) is 0 Å². The number of nitrogens with two attached hydrogens (primary N) is 1. The standard InChI is InChI=1S/C14H20N4S/c1-3-6-18(8-10-4-5-10)12-11-7-9(2)19-13(11)17-14(15)16-12/h7,10H,3-6,8H2,1-2H3,(H2,15,16,17). The lowest BCUT2D eigenvalue weighted by Gasteiger charge is -2.23. The Labute approximate surface area is 117 Å². The van der Waals surface area contributed by atoms with Crippen LogP contribution in [0, 0.1) is 12.8 Å². The summed E-state index contributed by atoms with van der Waals surface area (Å²) < 4.78 is 0. The molecular weight excluding hydrogens is 256 g/mol. The van der Waals surface area contributed by atoms with Crippen molar-refractivity contribution in [3.05, 3.63) is 10.9 Å². The van der Waals surface area contributed by atoms with Gasteiger partial charge < -0.3 is 10.6 Å². The fraction of sp³-hybridized carbons (Fsp3) is 0.571. The van der Waals surface area contributed by atoms with Gasteiger partial charge in [0, 0.05) is 18.0 Å². The SMILES string of the molecule is CCCN(CC1CC1)c1nc(N)nc2sc(C)cc12. The molecule has 5 heteroatoms. The Morgan fingerprint density at radius 2 is 2.21 bits per heavy atom. The molecule has 3 rings (SSSR count). The van der Waals surface area contributed by atoms with Crippen molar-refractivity contribution in [1.82, 2.24) is 9.97 Å². The molecule has 0 unspecified atom stereocenters. The zero-order chi connectivity index (χ0) is 13.4. The average Bonchev–Trinajstić information content (AvgIpc) is 3.08. The summed E-state index contributed by atoms with van der Waals surface area (Å²) in [4.78, 5) is 13.5. The number of rotatable bonds is 5. The van der Waals surface area contributed by atoms with Gasteiger partial charge in [0.25, 0.3) is 0 Å². The third-order valence-corrected chi connectivity index (χ3v) is 4.43. The minimum atomic E-state index is 0.390. The largest absolute Gasteiger partial charge is 0.368 e. The van der Waals surface area contributed by atoms with Crippen LogP contribution in [0.3, 0.4) is 0 Å². The van der Waals surface area contributed by atoms with Crippen LogP contribution in [0.4, 0.5) is 11.8 Å². The Hall–Kier alpha value is -1.36. The van der Waals surface area contributed by atoms with Crippen LogP contribution in [0.15, 0.2) is 6.07 Å². The molecule has 0 spiro atoms. The Morgan fingerprint density at radius 1 is 1.42 bits per heavy atom. The summed E-state index contributed by atoms with van der Waals surface area (Å²) in [5.41, 5.74) is 5.87. The summed E-state index contributed by atoms with van der Waals surface area (Å²) in [6.45, 7) is 6.46. The zero-order valence-corrected chi connectivity index (χ0v) is 12.3. The van der Waals surface area contributed by atoms with E-state index in [4.69, 9.17) is 5.73 Å². The van der Waals surface area contributed by atoms with E-state index in [0.29, 0.717) is 5.95 Å². The summed E-state index contributed by atoms with van der Waals surface area (Å²) in [5, 5.41) is 1.16. The molecule has 0 bridgehead atoms. The maximum Gasteiger partial charge on any atom is 0.223 e. The van der Waals surface area contributed by atoms with Crippen molar-refractivity contribution >= 4 is 33.3 Å². The minimum absolute atomic E-state index is 0.390. The number of fused-ring (bicyclic) bond motifs is 1. The minimum Gasteiger partial charge on any atom is -0.368 e. The van der Waals surface area contributed by atoms with Crippen LogP contribution in [0.2, 0.25) is 0 Å². The van der Waals surface area contributed by atoms with Gasteiger partial charge in [0.05, 0.1) is 5.39 Å². The first kappa shape index (κ1) is 12.7. The van der Waals surface area contributed by atoms with Crippen molar-refractivity contribution in [2.75, 3.05) is 23.7 Å². The van der Waals surface area contributed by atoms with E-state index < -0.39 is 0 Å². The fourth-order valence-electron chi connectivity index (χ4n) is 2.45. The second-order valence-corrected chi connectivity index (χ2v) is 6.61. The van der Waals surface area contributed by atoms with E-state index in [-0.39, 0.29) is 0 Å². The summed E-state index contributed by atoms with van der Waals surface area (Å²) in [6, 6.07) is 2.18. The molecule has 102 valence electrons. The maximum absolute atomic E-state index is 5.87. The molecule has 1 aliphatic rings. The number of anilines is 2. The zero-order valence-electron chi connectivity index (χ0n) is 11.5. The van der Waals surface area contributed by atoms with Crippen LogP contribution in [0.5, 0.6) is 0 Å². The van der Waals surface area contributed by atoms with Crippen molar-refractivity contribution in [2.45, 2.75) is 33.1 Å². The molecule has 0 radical (unpaired) electrons. The van der Waals surface area contributed by atoms with Gasteiger partial charge in [-0.2, -0.15) is 4.98 Å². The molecule has 2 heterocycles. The molecular formula is C14H20N4S. The Kier molecular flexibility index (Phi) is 3.31. The molecule has 0 aromatic carbocycles. The topological polar surface area (TPSA) is 55.0 Å². The van der Waals surface area contributed by atoms with E-state index in [1.165, 1.54) is 17.7 Å². The van der Waals surface area contributed by atoms with E-state index in [1.54, 1.807) is 11.3 Å². The molecule has 0 atom stereocenters. The molecule has 0 aliphatic heterocycles. The third-order valence-electron chi connectivity index (χ3n) is 3.48. The predicted molar refractivity (Wildman–Crippen MR) is 81.8 cm³/mol. The Bertz CT molecular complexity index is 588. The Morgan fingerprint density at radius 3 is 2.89 bits per heavy atom. The van der Waals surface area contributed by atoms with Crippen molar-refractivity contribution in [3.63, 3.8) is 0 Å². The molecule has 2 N–H and O–H groups in total. The number of aromatic nitrogens is 2. The van der Waals surface area contributed by atoms with Crippen LogP contribution >= 0.6 is 11.3 Å². The normalized spacial score (nSPS) is 15.1. The molecule has 1 saturated carbocycles. The predicted octanol–water partition coefficient (Wildman–Crippen LogP) is 3.21. The highest BCUT2D eigenvalue weighted by molar-refractivity contribution is 7.18. The molecule has 2 aromatic rings. The second kappa shape index (κ2) is 4.96. The first-order chi connectivity index (χ1) is 9.17. The Balaban J connectivity index is 2.03. The van der Waals surface area contributed by atoms with Gasteiger partial charge in [-0.15, -0.1) is 11.3 Å². The van der Waals surface area contributed by atoms with E-state index in [2.05, 4.69) is 34.8 Å². The first-order valence-electron chi connectivity index (χ1n) is 6.96. The third kappa shape index (κ3) is 2.66. The van der Waals surface area contributed by atoms with Gasteiger partial charge in [-0.1, -0.05) is 6.92 Å². The van der Waals surface area contributed by atoms with Crippen molar-refractivity contribution in [3.8, 4) is 0 Å². The van der Waals surface area contributed by atoms with Crippen LogP contribution in [0.1, 0.15) is 31.1 Å². The number of aryl methyl sites for hydroxylation is 1. The quantitative estimate of drug-likeness (QED) is 0.911. The fourth-order valence-corrected chi connectivity index (χ4v) is 3.33. The highest BCUT2D eigenvalue weighted by atomic mass is 32.1. The lowest BCUT2D eigenvalue weighted by atomic mass is 10.2. The van der Waals surface area contributed by atoms with E-state index in [1.807, 2.05) is 0 Å². The van der Waals surface area contributed by atoms with E-state index in [0.717, 1.165) is 41.5 Å². The van der Waals surface area contributed by atoms with Gasteiger partial charge in [-0.05, 0) is 38.2 Å². The van der Waals surface area contributed by atoms with Crippen LogP contribution in [0.25, 0.3) is 10.2 Å². The highest BCUT2D eigenvalue weighted by Crippen LogP contribution is 2.35. The van der Waals surface area contributed by atoms with Crippen LogP contribution in [-0.2, 0) is 0 Å². The highest BCUT2D eigenvalue weighted by Gasteiger charge is 2.26. The summed E-state index contributed by atoms with van der Waals surface area (Å²) in [6.07, 6.45) is 3.83. The number of thiophene rings is 1. The van der Waals surface area contributed by atoms with Crippen LogP contribution < -0.4 is 10.6 Å². The molecule has 0 saturated heterocycles. The molecule has 19 heavy (non-hydrogen) atoms. The van der Waals surface area contributed by atoms with Gasteiger partial charge in [0.1, 0.15) is 10.6 Å². The smallest absolute Gasteiger partial charge is 0.223 e. The van der Waals surface area contributed by atoms with Crippen molar-refractivity contribution in [2.24, 2.45) is 5.92 Å². The maximum atomic E-state index is 5.87. The molecule has 1 aliphatic carbocycles. The molecule has 0 amide bonds. The van der Waals surface area contributed by atoms with E-state index >= 15 is 0 Å². The molecule has 1 fully saturated rings. The van der Waals surface area contributed by atoms with Gasteiger partial charge in [-0.25, -0.2) is 4.98 Å². The first-order valence-corrected chi connectivity index (χ1v) is 7.77. The molecule has 2 aromatic heterocycles. The number of hydrogen-bond donors (Lipinski definition) is 1. The van der Waals surface area contributed by atoms with Gasteiger partial charge in [0.2, 0.25) is 5.95 Å². The number of nitrogens with zero attached hydrogens (tertiary/aromatic N) is 3. The van der Waals surface area contributed by atoms with Gasteiger partial charge in [0.15, 0.2) is 0 Å². The van der Waals surface area contributed by atoms with E-state index in [9.17, 15) is 0 Å². The monoisotopic (exact) mass is 276 g/mol. The lowest BCUT2D eigenvalue weighted by Crippen LogP contribution is -2.28. The van der Waals surface area contributed by atoms with Crippen LogP contribution in [-0.4, -0.2) is 23.1 Å². The summed E-state index contributed by atoms with van der Waals surface area (Å²) >= 11 is 1.69. The number of hydrogen-bond acceptors (Lipinski definition) is 5. The number of nitrogen functional groups attached to an aromatic ring is 1. The summed E-state index contributed by atoms with van der Waals surface area (Å²) in [5.74, 6) is 2.26. The van der Waals surface area contributed by atoms with Gasteiger partial charge >= 0.3 is 0 Å². The average molecular weight is 276 g/mol. The second-order valence-electron chi connectivity index (χ2n) is 5.37.